The van der Waals surface area contributed by atoms with Crippen molar-refractivity contribution in [2.24, 2.45) is 0 Å². The van der Waals surface area contributed by atoms with Gasteiger partial charge in [-0.05, 0) is 30.3 Å². The van der Waals surface area contributed by atoms with Crippen molar-refractivity contribution in [1.29, 1.82) is 0 Å². The number of benzene rings is 1. The van der Waals surface area contributed by atoms with E-state index in [2.05, 4.69) is 10.3 Å². The van der Waals surface area contributed by atoms with Crippen molar-refractivity contribution >= 4 is 5.91 Å². The predicted octanol–water partition coefficient (Wildman–Crippen LogP) is 3.17. The first-order valence-corrected chi connectivity index (χ1v) is 5.92. The number of hydrogen-bond acceptors (Lipinski definition) is 2. The number of pyridine rings is 1. The molecular weight excluding hydrogens is 288 g/mol. The van der Waals surface area contributed by atoms with Gasteiger partial charge in [-0.25, -0.2) is 4.39 Å². The second kappa shape index (κ2) is 5.90. The standard InChI is InChI=1S/C14H10F4N2O/c15-12-2-1-11(14(16,17)18)7-10(12)8-20-13(21)9-3-5-19-6-4-9/h1-7H,8H2,(H,20,21). The number of carbonyl (C=O) groups excluding carboxylic acids is 1. The first kappa shape index (κ1) is 15.0. The summed E-state index contributed by atoms with van der Waals surface area (Å²) in [6.07, 6.45) is -1.75. The molecule has 110 valence electrons. The molecule has 0 fully saturated rings. The fourth-order valence-corrected chi connectivity index (χ4v) is 1.67. The van der Waals surface area contributed by atoms with Gasteiger partial charge in [0.2, 0.25) is 0 Å². The van der Waals surface area contributed by atoms with Crippen molar-refractivity contribution in [3.8, 4) is 0 Å². The van der Waals surface area contributed by atoms with Crippen molar-refractivity contribution in [3.05, 3.63) is 65.2 Å². The lowest BCUT2D eigenvalue weighted by Crippen LogP contribution is -2.23. The average Bonchev–Trinajstić information content (AvgIpc) is 2.45. The van der Waals surface area contributed by atoms with E-state index < -0.39 is 23.5 Å². The van der Waals surface area contributed by atoms with E-state index in [4.69, 9.17) is 0 Å². The van der Waals surface area contributed by atoms with Crippen LogP contribution in [-0.4, -0.2) is 10.9 Å². The number of aromatic nitrogens is 1. The number of rotatable bonds is 3. The van der Waals surface area contributed by atoms with Crippen molar-refractivity contribution in [3.63, 3.8) is 0 Å². The maximum absolute atomic E-state index is 13.5. The Hall–Kier alpha value is -2.44. The smallest absolute Gasteiger partial charge is 0.348 e. The summed E-state index contributed by atoms with van der Waals surface area (Å²) in [6, 6.07) is 4.96. The predicted molar refractivity (Wildman–Crippen MR) is 66.8 cm³/mol. The summed E-state index contributed by atoms with van der Waals surface area (Å²) in [4.78, 5) is 15.5. The molecule has 2 rings (SSSR count). The van der Waals surface area contributed by atoms with Crippen molar-refractivity contribution in [2.45, 2.75) is 12.7 Å². The maximum Gasteiger partial charge on any atom is 0.416 e. The highest BCUT2D eigenvalue weighted by molar-refractivity contribution is 5.93. The lowest BCUT2D eigenvalue weighted by molar-refractivity contribution is -0.137. The Balaban J connectivity index is 2.11. The Morgan fingerprint density at radius 1 is 1.14 bits per heavy atom. The summed E-state index contributed by atoms with van der Waals surface area (Å²) in [5, 5.41) is 2.36. The SMILES string of the molecule is O=C(NCc1cc(C(F)(F)F)ccc1F)c1ccncc1. The Morgan fingerprint density at radius 3 is 2.43 bits per heavy atom. The van der Waals surface area contributed by atoms with Gasteiger partial charge in [-0.1, -0.05) is 0 Å². The second-order valence-corrected chi connectivity index (χ2v) is 4.22. The molecular formula is C14H10F4N2O. The molecule has 3 nitrogen and oxygen atoms in total. The third-order valence-electron chi connectivity index (χ3n) is 2.75. The minimum Gasteiger partial charge on any atom is -0.348 e. The Labute approximate surface area is 117 Å². The highest BCUT2D eigenvalue weighted by Gasteiger charge is 2.31. The zero-order valence-electron chi connectivity index (χ0n) is 10.6. The van der Waals surface area contributed by atoms with E-state index in [1.165, 1.54) is 24.5 Å². The summed E-state index contributed by atoms with van der Waals surface area (Å²) in [5.41, 5.74) is -0.901. The molecule has 0 aliphatic rings. The minimum absolute atomic E-state index is 0.229. The molecule has 21 heavy (non-hydrogen) atoms. The first-order chi connectivity index (χ1) is 9.88. The van der Waals surface area contributed by atoms with Gasteiger partial charge in [-0.2, -0.15) is 13.2 Å². The van der Waals surface area contributed by atoms with Gasteiger partial charge >= 0.3 is 6.18 Å². The molecule has 0 radical (unpaired) electrons. The topological polar surface area (TPSA) is 42.0 Å². The third-order valence-corrected chi connectivity index (χ3v) is 2.75. The number of carbonyl (C=O) groups is 1. The summed E-state index contributed by atoms with van der Waals surface area (Å²) >= 11 is 0. The van der Waals surface area contributed by atoms with Crippen LogP contribution in [0.1, 0.15) is 21.5 Å². The molecule has 0 unspecified atom stereocenters. The number of nitrogens with zero attached hydrogens (tertiary/aromatic N) is 1. The highest BCUT2D eigenvalue weighted by atomic mass is 19.4. The molecule has 0 saturated heterocycles. The Morgan fingerprint density at radius 2 is 1.81 bits per heavy atom. The van der Waals surface area contributed by atoms with E-state index in [0.717, 1.165) is 6.07 Å². The molecule has 1 heterocycles. The van der Waals surface area contributed by atoms with Gasteiger partial charge in [0.25, 0.3) is 5.91 Å². The van der Waals surface area contributed by atoms with E-state index in [0.29, 0.717) is 12.1 Å². The van der Waals surface area contributed by atoms with Crippen LogP contribution in [0.3, 0.4) is 0 Å². The van der Waals surface area contributed by atoms with Gasteiger partial charge in [0, 0.05) is 30.1 Å². The Bertz CT molecular complexity index is 641. The number of amides is 1. The van der Waals surface area contributed by atoms with Crippen LogP contribution in [0.4, 0.5) is 17.6 Å². The zero-order chi connectivity index (χ0) is 15.5. The van der Waals surface area contributed by atoms with E-state index in [9.17, 15) is 22.4 Å². The summed E-state index contributed by atoms with van der Waals surface area (Å²) in [5.74, 6) is -1.33. The molecule has 0 aliphatic carbocycles. The van der Waals surface area contributed by atoms with Crippen molar-refractivity contribution in [1.82, 2.24) is 10.3 Å². The van der Waals surface area contributed by atoms with Crippen LogP contribution < -0.4 is 5.32 Å². The monoisotopic (exact) mass is 298 g/mol. The van der Waals surface area contributed by atoms with Crippen LogP contribution in [0.5, 0.6) is 0 Å². The van der Waals surface area contributed by atoms with Crippen LogP contribution in [0.2, 0.25) is 0 Å². The third kappa shape index (κ3) is 3.77. The molecule has 0 bridgehead atoms. The molecule has 1 aromatic heterocycles. The van der Waals surface area contributed by atoms with Crippen LogP contribution in [-0.2, 0) is 12.7 Å². The Kier molecular flexibility index (Phi) is 4.21. The number of halogens is 4. The van der Waals surface area contributed by atoms with Crippen LogP contribution in [0.25, 0.3) is 0 Å². The summed E-state index contributed by atoms with van der Waals surface area (Å²) in [6.45, 7) is -0.336. The number of hydrogen-bond donors (Lipinski definition) is 1. The van der Waals surface area contributed by atoms with Gasteiger partial charge in [0.1, 0.15) is 5.82 Å². The van der Waals surface area contributed by atoms with E-state index in [1.807, 2.05) is 0 Å². The van der Waals surface area contributed by atoms with Crippen LogP contribution in [0.15, 0.2) is 42.7 Å². The van der Waals surface area contributed by atoms with Gasteiger partial charge < -0.3 is 5.32 Å². The van der Waals surface area contributed by atoms with E-state index >= 15 is 0 Å². The zero-order valence-corrected chi connectivity index (χ0v) is 10.6. The molecule has 7 heteroatoms. The molecule has 0 spiro atoms. The lowest BCUT2D eigenvalue weighted by atomic mass is 10.1. The van der Waals surface area contributed by atoms with Crippen molar-refractivity contribution in [2.75, 3.05) is 0 Å². The molecule has 0 saturated carbocycles. The highest BCUT2D eigenvalue weighted by Crippen LogP contribution is 2.30. The van der Waals surface area contributed by atoms with Crippen LogP contribution >= 0.6 is 0 Å². The summed E-state index contributed by atoms with van der Waals surface area (Å²) in [7, 11) is 0. The quantitative estimate of drug-likeness (QED) is 0.884. The van der Waals surface area contributed by atoms with Gasteiger partial charge in [-0.3, -0.25) is 9.78 Å². The number of nitrogens with one attached hydrogen (secondary N) is 1. The van der Waals surface area contributed by atoms with Crippen molar-refractivity contribution < 1.29 is 22.4 Å². The average molecular weight is 298 g/mol. The summed E-state index contributed by atoms with van der Waals surface area (Å²) < 4.78 is 51.1. The largest absolute Gasteiger partial charge is 0.416 e. The second-order valence-electron chi connectivity index (χ2n) is 4.22. The molecule has 0 aliphatic heterocycles. The minimum atomic E-state index is -4.56. The van der Waals surface area contributed by atoms with Gasteiger partial charge in [0.15, 0.2) is 0 Å². The molecule has 1 amide bonds. The van der Waals surface area contributed by atoms with E-state index in [-0.39, 0.29) is 17.7 Å². The molecule has 1 N–H and O–H groups in total. The van der Waals surface area contributed by atoms with Gasteiger partial charge in [0.05, 0.1) is 5.56 Å². The molecule has 0 atom stereocenters. The maximum atomic E-state index is 13.5. The fraction of sp³-hybridized carbons (Fsp3) is 0.143. The normalized spacial score (nSPS) is 11.2. The van der Waals surface area contributed by atoms with Crippen LogP contribution in [0, 0.1) is 5.82 Å². The van der Waals surface area contributed by atoms with E-state index in [1.54, 1.807) is 0 Å². The molecule has 1 aromatic carbocycles. The first-order valence-electron chi connectivity index (χ1n) is 5.92. The fourth-order valence-electron chi connectivity index (χ4n) is 1.67. The lowest BCUT2D eigenvalue weighted by Gasteiger charge is -2.10. The number of alkyl halides is 3. The molecule has 2 aromatic rings. The van der Waals surface area contributed by atoms with Gasteiger partial charge in [-0.15, -0.1) is 0 Å².